The highest BCUT2D eigenvalue weighted by Crippen LogP contribution is 2.31. The third-order valence-corrected chi connectivity index (χ3v) is 3.29. The second kappa shape index (κ2) is 6.27. The smallest absolute Gasteiger partial charge is 0.324 e. The topological polar surface area (TPSA) is 50.7 Å². The summed E-state index contributed by atoms with van der Waals surface area (Å²) in [6, 6.07) is 10.3. The summed E-state index contributed by atoms with van der Waals surface area (Å²) in [5.41, 5.74) is 1.90. The number of aryl methyl sites for hydroxylation is 1. The molecule has 0 radical (unpaired) electrons. The number of nitrogens with zero attached hydrogens (tertiary/aromatic N) is 3. The van der Waals surface area contributed by atoms with Crippen LogP contribution in [0.15, 0.2) is 54.9 Å². The van der Waals surface area contributed by atoms with Crippen molar-refractivity contribution in [3.8, 4) is 11.3 Å². The van der Waals surface area contributed by atoms with E-state index >= 15 is 0 Å². The number of alkyl halides is 3. The van der Waals surface area contributed by atoms with Crippen molar-refractivity contribution in [3.63, 3.8) is 0 Å². The van der Waals surface area contributed by atoms with Gasteiger partial charge in [0.25, 0.3) is 0 Å². The molecule has 0 aliphatic rings. The van der Waals surface area contributed by atoms with Gasteiger partial charge in [-0.3, -0.25) is 4.98 Å². The van der Waals surface area contributed by atoms with Gasteiger partial charge in [0.1, 0.15) is 0 Å². The lowest BCUT2D eigenvalue weighted by atomic mass is 10.1. The maximum absolute atomic E-state index is 12.8. The van der Waals surface area contributed by atoms with Crippen LogP contribution in [0.4, 0.5) is 24.8 Å². The number of pyridine rings is 1. The van der Waals surface area contributed by atoms with Crippen LogP contribution >= 0.6 is 0 Å². The first-order valence-corrected chi connectivity index (χ1v) is 7.12. The van der Waals surface area contributed by atoms with E-state index < -0.39 is 11.7 Å². The number of anilines is 2. The molecule has 1 aromatic carbocycles. The van der Waals surface area contributed by atoms with Gasteiger partial charge in [-0.15, -0.1) is 0 Å². The molecule has 0 aliphatic carbocycles. The molecule has 2 aromatic heterocycles. The predicted molar refractivity (Wildman–Crippen MR) is 84.7 cm³/mol. The summed E-state index contributed by atoms with van der Waals surface area (Å²) < 4.78 is 38.3. The number of aromatic nitrogens is 3. The number of benzene rings is 1. The molecule has 0 spiro atoms. The van der Waals surface area contributed by atoms with Crippen molar-refractivity contribution in [2.75, 3.05) is 5.32 Å². The van der Waals surface area contributed by atoms with Crippen molar-refractivity contribution in [2.24, 2.45) is 0 Å². The Kier molecular flexibility index (Phi) is 4.16. The molecule has 0 saturated heterocycles. The lowest BCUT2D eigenvalue weighted by Crippen LogP contribution is -2.05. The van der Waals surface area contributed by atoms with E-state index in [0.29, 0.717) is 5.69 Å². The molecule has 0 amide bonds. The van der Waals surface area contributed by atoms with Gasteiger partial charge in [0.2, 0.25) is 5.95 Å². The lowest BCUT2D eigenvalue weighted by Gasteiger charge is -2.10. The molecular formula is C17H13F3N4. The number of rotatable bonds is 3. The van der Waals surface area contributed by atoms with E-state index in [2.05, 4.69) is 20.3 Å². The van der Waals surface area contributed by atoms with Gasteiger partial charge < -0.3 is 5.32 Å². The number of nitrogens with one attached hydrogen (secondary N) is 1. The Bertz CT molecular complexity index is 862. The summed E-state index contributed by atoms with van der Waals surface area (Å²) in [5.74, 6) is 0.223. The van der Waals surface area contributed by atoms with Crippen molar-refractivity contribution in [2.45, 2.75) is 13.1 Å². The van der Waals surface area contributed by atoms with E-state index in [1.807, 2.05) is 19.1 Å². The fourth-order valence-corrected chi connectivity index (χ4v) is 2.19. The zero-order valence-electron chi connectivity index (χ0n) is 12.7. The predicted octanol–water partition coefficient (Wildman–Crippen LogP) is 4.61. The summed E-state index contributed by atoms with van der Waals surface area (Å²) in [7, 11) is 0. The average Bonchev–Trinajstić information content (AvgIpc) is 2.55. The first-order chi connectivity index (χ1) is 11.4. The highest BCUT2D eigenvalue weighted by molar-refractivity contribution is 5.62. The molecule has 3 aromatic rings. The van der Waals surface area contributed by atoms with Gasteiger partial charge in [-0.2, -0.15) is 13.2 Å². The van der Waals surface area contributed by atoms with Crippen LogP contribution in [0.25, 0.3) is 11.3 Å². The lowest BCUT2D eigenvalue weighted by molar-refractivity contribution is -0.137. The van der Waals surface area contributed by atoms with E-state index in [4.69, 9.17) is 0 Å². The standard InChI is InChI=1S/C17H13F3N4/c1-11-9-12(5-7-21-11)15-6-8-22-16(24-15)23-14-4-2-3-13(10-14)17(18,19)20/h2-10H,1H3,(H,22,23,24). The van der Waals surface area contributed by atoms with Gasteiger partial charge in [0.15, 0.2) is 0 Å². The minimum absolute atomic E-state index is 0.223. The molecule has 0 aliphatic heterocycles. The maximum Gasteiger partial charge on any atom is 0.416 e. The molecule has 7 heteroatoms. The molecule has 122 valence electrons. The summed E-state index contributed by atoms with van der Waals surface area (Å²) in [5, 5.41) is 2.80. The fraction of sp³-hybridized carbons (Fsp3) is 0.118. The maximum atomic E-state index is 12.8. The van der Waals surface area contributed by atoms with Crippen LogP contribution in [0.5, 0.6) is 0 Å². The summed E-state index contributed by atoms with van der Waals surface area (Å²) >= 11 is 0. The summed E-state index contributed by atoms with van der Waals surface area (Å²) in [6.45, 7) is 1.87. The second-order valence-corrected chi connectivity index (χ2v) is 5.15. The van der Waals surface area contributed by atoms with Crippen LogP contribution in [-0.4, -0.2) is 15.0 Å². The van der Waals surface area contributed by atoms with Crippen LogP contribution < -0.4 is 5.32 Å². The minimum Gasteiger partial charge on any atom is -0.324 e. The molecule has 0 atom stereocenters. The zero-order chi connectivity index (χ0) is 17.2. The first kappa shape index (κ1) is 15.9. The zero-order valence-corrected chi connectivity index (χ0v) is 12.7. The average molecular weight is 330 g/mol. The second-order valence-electron chi connectivity index (χ2n) is 5.15. The molecule has 2 heterocycles. The van der Waals surface area contributed by atoms with Crippen molar-refractivity contribution in [1.82, 2.24) is 15.0 Å². The number of hydrogen-bond acceptors (Lipinski definition) is 4. The third-order valence-electron chi connectivity index (χ3n) is 3.29. The summed E-state index contributed by atoms with van der Waals surface area (Å²) in [4.78, 5) is 12.5. The molecule has 3 rings (SSSR count). The molecule has 0 bridgehead atoms. The minimum atomic E-state index is -4.39. The van der Waals surface area contributed by atoms with E-state index in [9.17, 15) is 13.2 Å². The van der Waals surface area contributed by atoms with Crippen molar-refractivity contribution < 1.29 is 13.2 Å². The van der Waals surface area contributed by atoms with Gasteiger partial charge in [-0.25, -0.2) is 9.97 Å². The van der Waals surface area contributed by atoms with Crippen LogP contribution in [0.2, 0.25) is 0 Å². The Morgan fingerprint density at radius 3 is 2.50 bits per heavy atom. The van der Waals surface area contributed by atoms with Crippen LogP contribution in [0, 0.1) is 6.92 Å². The number of halogens is 3. The molecule has 24 heavy (non-hydrogen) atoms. The third kappa shape index (κ3) is 3.68. The van der Waals surface area contributed by atoms with Gasteiger partial charge in [0.05, 0.1) is 11.3 Å². The van der Waals surface area contributed by atoms with Crippen LogP contribution in [0.3, 0.4) is 0 Å². The first-order valence-electron chi connectivity index (χ1n) is 7.12. The quantitative estimate of drug-likeness (QED) is 0.762. The fourth-order valence-electron chi connectivity index (χ4n) is 2.19. The molecule has 4 nitrogen and oxygen atoms in total. The normalized spacial score (nSPS) is 11.3. The van der Waals surface area contributed by atoms with Crippen molar-refractivity contribution >= 4 is 11.6 Å². The van der Waals surface area contributed by atoms with Crippen LogP contribution in [0.1, 0.15) is 11.3 Å². The Morgan fingerprint density at radius 2 is 1.75 bits per heavy atom. The van der Waals surface area contributed by atoms with Gasteiger partial charge >= 0.3 is 6.18 Å². The summed E-state index contributed by atoms with van der Waals surface area (Å²) in [6.07, 6.45) is -1.17. The largest absolute Gasteiger partial charge is 0.416 e. The monoisotopic (exact) mass is 330 g/mol. The SMILES string of the molecule is Cc1cc(-c2ccnc(Nc3cccc(C(F)(F)F)c3)n2)ccn1. The van der Waals surface area contributed by atoms with E-state index in [-0.39, 0.29) is 11.6 Å². The van der Waals surface area contributed by atoms with Gasteiger partial charge in [-0.1, -0.05) is 6.07 Å². The van der Waals surface area contributed by atoms with E-state index in [1.165, 1.54) is 12.1 Å². The molecule has 0 fully saturated rings. The Labute approximate surface area is 136 Å². The van der Waals surface area contributed by atoms with Crippen molar-refractivity contribution in [1.29, 1.82) is 0 Å². The van der Waals surface area contributed by atoms with Crippen LogP contribution in [-0.2, 0) is 6.18 Å². The molecule has 1 N–H and O–H groups in total. The Hall–Kier alpha value is -2.96. The van der Waals surface area contributed by atoms with E-state index in [0.717, 1.165) is 23.4 Å². The molecule has 0 unspecified atom stereocenters. The Balaban J connectivity index is 1.88. The Morgan fingerprint density at radius 1 is 0.958 bits per heavy atom. The van der Waals surface area contributed by atoms with E-state index in [1.54, 1.807) is 18.5 Å². The molecule has 0 saturated carbocycles. The van der Waals surface area contributed by atoms with Crippen molar-refractivity contribution in [3.05, 3.63) is 66.1 Å². The molecular weight excluding hydrogens is 317 g/mol. The highest BCUT2D eigenvalue weighted by atomic mass is 19.4. The highest BCUT2D eigenvalue weighted by Gasteiger charge is 2.30. The number of hydrogen-bond donors (Lipinski definition) is 1. The van der Waals surface area contributed by atoms with Gasteiger partial charge in [-0.05, 0) is 43.3 Å². The van der Waals surface area contributed by atoms with Gasteiger partial charge in [0, 0.05) is 29.3 Å².